The second-order valence-electron chi connectivity index (χ2n) is 6.78. The third-order valence-electron chi connectivity index (χ3n) is 4.78. The molecule has 8 heteroatoms. The number of rotatable bonds is 4. The second-order valence-corrected chi connectivity index (χ2v) is 8.62. The van der Waals surface area contributed by atoms with Crippen LogP contribution >= 0.6 is 34.5 Å². The van der Waals surface area contributed by atoms with Crippen molar-refractivity contribution >= 4 is 56.4 Å². The number of hydrogen-bond acceptors (Lipinski definition) is 6. The molecule has 27 heavy (non-hydrogen) atoms. The molecule has 138 valence electrons. The predicted molar refractivity (Wildman–Crippen MR) is 112 cm³/mol. The topological polar surface area (TPSA) is 73.1 Å². The summed E-state index contributed by atoms with van der Waals surface area (Å²) in [6, 6.07) is 4.29. The lowest BCUT2D eigenvalue weighted by Gasteiger charge is -2.12. The van der Waals surface area contributed by atoms with Gasteiger partial charge < -0.3 is 15.8 Å². The van der Waals surface area contributed by atoms with Crippen LogP contribution in [-0.4, -0.2) is 22.6 Å². The van der Waals surface area contributed by atoms with E-state index < -0.39 is 0 Å². The molecule has 0 atom stereocenters. The zero-order chi connectivity index (χ0) is 18.7. The van der Waals surface area contributed by atoms with Gasteiger partial charge in [0, 0.05) is 34.7 Å². The minimum absolute atomic E-state index is 0.213. The van der Waals surface area contributed by atoms with Crippen LogP contribution in [0, 0.1) is 0 Å². The third-order valence-corrected chi connectivity index (χ3v) is 6.45. The van der Waals surface area contributed by atoms with Crippen molar-refractivity contribution in [2.45, 2.75) is 25.3 Å². The molecule has 1 aromatic carbocycles. The SMILES string of the molecule is C=C(NC1CC1)c1cc2c(-c3c(Cl)cc(Cl)c4c3CCO4)nc(N)nc2s1. The Bertz CT molecular complexity index is 1110. The molecule has 3 heterocycles. The van der Waals surface area contributed by atoms with Crippen molar-refractivity contribution in [3.63, 3.8) is 0 Å². The summed E-state index contributed by atoms with van der Waals surface area (Å²) in [5.41, 5.74) is 9.41. The van der Waals surface area contributed by atoms with Crippen molar-refractivity contribution in [2.75, 3.05) is 12.3 Å². The summed E-state index contributed by atoms with van der Waals surface area (Å²) in [6.45, 7) is 4.74. The molecular weight excluding hydrogens is 403 g/mol. The molecule has 0 amide bonds. The van der Waals surface area contributed by atoms with Crippen molar-refractivity contribution in [2.24, 2.45) is 0 Å². The van der Waals surface area contributed by atoms with Crippen molar-refractivity contribution in [3.05, 3.63) is 39.2 Å². The second kappa shape index (κ2) is 6.26. The number of anilines is 1. The van der Waals surface area contributed by atoms with Gasteiger partial charge in [0.25, 0.3) is 0 Å². The van der Waals surface area contributed by atoms with Crippen LogP contribution in [0.3, 0.4) is 0 Å². The Hall–Kier alpha value is -2.02. The average Bonchev–Trinajstić information content (AvgIpc) is 3.12. The maximum atomic E-state index is 6.58. The molecule has 5 nitrogen and oxygen atoms in total. The van der Waals surface area contributed by atoms with Gasteiger partial charge in [-0.05, 0) is 25.0 Å². The standard InChI is InChI=1S/C19H16Cl2N4OS/c1-8(23-9-2-3-9)14-6-11-16(24-19(22)25-18(11)27-14)15-10-4-5-26-17(10)13(21)7-12(15)20/h6-7,9,23H,1-5H2,(H2,22,24,25). The number of nitrogen functional groups attached to an aromatic ring is 1. The maximum Gasteiger partial charge on any atom is 0.221 e. The minimum Gasteiger partial charge on any atom is -0.491 e. The monoisotopic (exact) mass is 418 g/mol. The molecule has 0 radical (unpaired) electrons. The summed E-state index contributed by atoms with van der Waals surface area (Å²) in [7, 11) is 0. The van der Waals surface area contributed by atoms with Crippen molar-refractivity contribution in [3.8, 4) is 17.0 Å². The van der Waals surface area contributed by atoms with Crippen LogP contribution in [0.5, 0.6) is 5.75 Å². The Labute approximate surface area is 170 Å². The summed E-state index contributed by atoms with van der Waals surface area (Å²) in [5.74, 6) is 0.891. The van der Waals surface area contributed by atoms with E-state index in [9.17, 15) is 0 Å². The fourth-order valence-electron chi connectivity index (χ4n) is 3.38. The Morgan fingerprint density at radius 3 is 2.85 bits per heavy atom. The lowest BCUT2D eigenvalue weighted by molar-refractivity contribution is 0.357. The van der Waals surface area contributed by atoms with Crippen LogP contribution in [0.4, 0.5) is 5.95 Å². The number of benzene rings is 1. The van der Waals surface area contributed by atoms with Gasteiger partial charge in [-0.1, -0.05) is 29.8 Å². The first kappa shape index (κ1) is 17.1. The smallest absolute Gasteiger partial charge is 0.221 e. The number of aromatic nitrogens is 2. The fraction of sp³-hybridized carbons (Fsp3) is 0.263. The van der Waals surface area contributed by atoms with E-state index >= 15 is 0 Å². The van der Waals surface area contributed by atoms with E-state index in [4.69, 9.17) is 33.7 Å². The van der Waals surface area contributed by atoms with Gasteiger partial charge in [0.2, 0.25) is 5.95 Å². The summed E-state index contributed by atoms with van der Waals surface area (Å²) in [5, 5.41) is 5.39. The highest BCUT2D eigenvalue weighted by molar-refractivity contribution is 7.19. The number of nitrogens with zero attached hydrogens (tertiary/aromatic N) is 2. The molecule has 1 aliphatic heterocycles. The van der Waals surface area contributed by atoms with Crippen LogP contribution < -0.4 is 15.8 Å². The number of halogens is 2. The number of fused-ring (bicyclic) bond motifs is 2. The predicted octanol–water partition coefficient (Wildman–Crippen LogP) is 4.90. The third kappa shape index (κ3) is 2.92. The van der Waals surface area contributed by atoms with Crippen LogP contribution in [0.2, 0.25) is 10.0 Å². The largest absolute Gasteiger partial charge is 0.491 e. The van der Waals surface area contributed by atoms with E-state index in [-0.39, 0.29) is 5.95 Å². The highest BCUT2D eigenvalue weighted by Gasteiger charge is 2.27. The fourth-order valence-corrected chi connectivity index (χ4v) is 5.00. The molecule has 0 bridgehead atoms. The highest BCUT2D eigenvalue weighted by Crippen LogP contribution is 2.46. The van der Waals surface area contributed by atoms with Crippen molar-refractivity contribution in [1.29, 1.82) is 0 Å². The van der Waals surface area contributed by atoms with Gasteiger partial charge in [-0.3, -0.25) is 0 Å². The van der Waals surface area contributed by atoms with Gasteiger partial charge in [-0.25, -0.2) is 9.97 Å². The first-order valence-electron chi connectivity index (χ1n) is 8.68. The number of nitrogens with two attached hydrogens (primary N) is 1. The van der Waals surface area contributed by atoms with Gasteiger partial charge in [0.15, 0.2) is 0 Å². The Balaban J connectivity index is 1.71. The van der Waals surface area contributed by atoms with E-state index in [2.05, 4.69) is 27.9 Å². The molecule has 5 rings (SSSR count). The Morgan fingerprint density at radius 2 is 2.07 bits per heavy atom. The molecule has 0 unspecified atom stereocenters. The van der Waals surface area contributed by atoms with Gasteiger partial charge >= 0.3 is 0 Å². The van der Waals surface area contributed by atoms with Gasteiger partial charge in [-0.2, -0.15) is 0 Å². The molecule has 2 aliphatic rings. The molecule has 1 aliphatic carbocycles. The zero-order valence-electron chi connectivity index (χ0n) is 14.3. The number of ether oxygens (including phenoxy) is 1. The lowest BCUT2D eigenvalue weighted by Crippen LogP contribution is -2.12. The summed E-state index contributed by atoms with van der Waals surface area (Å²) >= 11 is 14.4. The number of hydrogen-bond donors (Lipinski definition) is 2. The Morgan fingerprint density at radius 1 is 1.26 bits per heavy atom. The van der Waals surface area contributed by atoms with E-state index in [0.29, 0.717) is 34.1 Å². The van der Waals surface area contributed by atoms with Gasteiger partial charge in [0.1, 0.15) is 10.6 Å². The normalized spacial score (nSPS) is 15.6. The molecule has 1 saturated carbocycles. The van der Waals surface area contributed by atoms with Gasteiger partial charge in [-0.15, -0.1) is 11.3 Å². The first-order valence-corrected chi connectivity index (χ1v) is 10.3. The van der Waals surface area contributed by atoms with E-state index in [1.807, 2.05) is 0 Å². The van der Waals surface area contributed by atoms with Crippen LogP contribution in [0.1, 0.15) is 23.3 Å². The van der Waals surface area contributed by atoms with Crippen molar-refractivity contribution < 1.29 is 4.74 Å². The Kier molecular flexibility index (Phi) is 3.96. The molecule has 3 N–H and O–H groups in total. The molecule has 0 saturated heterocycles. The van der Waals surface area contributed by atoms with Crippen LogP contribution in [0.25, 0.3) is 27.2 Å². The van der Waals surface area contributed by atoms with Crippen LogP contribution in [0.15, 0.2) is 18.7 Å². The van der Waals surface area contributed by atoms with E-state index in [1.54, 1.807) is 17.4 Å². The molecule has 3 aromatic rings. The van der Waals surface area contributed by atoms with Crippen molar-refractivity contribution in [1.82, 2.24) is 15.3 Å². The summed E-state index contributed by atoms with van der Waals surface area (Å²) in [4.78, 5) is 10.8. The summed E-state index contributed by atoms with van der Waals surface area (Å²) < 4.78 is 5.70. The van der Waals surface area contributed by atoms with E-state index in [0.717, 1.165) is 38.3 Å². The van der Waals surface area contributed by atoms with E-state index in [1.165, 1.54) is 12.8 Å². The summed E-state index contributed by atoms with van der Waals surface area (Å²) in [6.07, 6.45) is 3.10. The lowest BCUT2D eigenvalue weighted by atomic mass is 10.00. The minimum atomic E-state index is 0.213. The zero-order valence-corrected chi connectivity index (χ0v) is 16.6. The quantitative estimate of drug-likeness (QED) is 0.629. The van der Waals surface area contributed by atoms with Gasteiger partial charge in [0.05, 0.1) is 27.2 Å². The molecule has 2 aromatic heterocycles. The number of thiophene rings is 1. The highest BCUT2D eigenvalue weighted by atomic mass is 35.5. The van der Waals surface area contributed by atoms with Crippen LogP contribution in [-0.2, 0) is 6.42 Å². The maximum absolute atomic E-state index is 6.58. The molecule has 0 spiro atoms. The molecular formula is C19H16Cl2N4OS. The molecule has 1 fully saturated rings. The average molecular weight is 419 g/mol. The number of nitrogens with one attached hydrogen (secondary N) is 1. The first-order chi connectivity index (χ1) is 13.0.